The van der Waals surface area contributed by atoms with Crippen LogP contribution in [0.1, 0.15) is 35.9 Å². The second-order valence-electron chi connectivity index (χ2n) is 4.67. The summed E-state index contributed by atoms with van der Waals surface area (Å²) >= 11 is 0. The Morgan fingerprint density at radius 2 is 2.10 bits per heavy atom. The van der Waals surface area contributed by atoms with Gasteiger partial charge in [-0.3, -0.25) is 9.48 Å². The van der Waals surface area contributed by atoms with Gasteiger partial charge in [-0.1, -0.05) is 6.07 Å². The summed E-state index contributed by atoms with van der Waals surface area (Å²) in [4.78, 5) is 12.0. The largest absolute Gasteiger partial charge is 0.347 e. The van der Waals surface area contributed by atoms with Gasteiger partial charge in [0.2, 0.25) is 0 Å². The topological polar surface area (TPSA) is 46.9 Å². The third-order valence-corrected chi connectivity index (χ3v) is 2.85. The lowest BCUT2D eigenvalue weighted by molar-refractivity contribution is 0.0938. The molecule has 0 radical (unpaired) electrons. The molecule has 0 saturated carbocycles. The minimum absolute atomic E-state index is 0.00573. The molecule has 2 aromatic rings. The van der Waals surface area contributed by atoms with Gasteiger partial charge in [0.15, 0.2) is 0 Å². The zero-order valence-corrected chi connectivity index (χ0v) is 11.2. The summed E-state index contributed by atoms with van der Waals surface area (Å²) in [5.41, 5.74) is 0.637. The zero-order chi connectivity index (χ0) is 14.7. The SMILES string of the molecule is CC(C)n1nccc1C(=O)NCc1ccc(F)cc1F. The van der Waals surface area contributed by atoms with E-state index >= 15 is 0 Å². The van der Waals surface area contributed by atoms with Crippen LogP contribution in [0.15, 0.2) is 30.5 Å². The van der Waals surface area contributed by atoms with E-state index in [9.17, 15) is 13.6 Å². The lowest BCUT2D eigenvalue weighted by atomic mass is 10.2. The summed E-state index contributed by atoms with van der Waals surface area (Å²) in [5.74, 6) is -1.67. The molecule has 6 heteroatoms. The van der Waals surface area contributed by atoms with Crippen molar-refractivity contribution >= 4 is 5.91 Å². The van der Waals surface area contributed by atoms with Crippen LogP contribution in [-0.2, 0) is 6.54 Å². The van der Waals surface area contributed by atoms with Gasteiger partial charge < -0.3 is 5.32 Å². The summed E-state index contributed by atoms with van der Waals surface area (Å²) in [6.07, 6.45) is 1.54. The second-order valence-corrected chi connectivity index (χ2v) is 4.67. The molecular weight excluding hydrogens is 264 g/mol. The summed E-state index contributed by atoms with van der Waals surface area (Å²) in [6, 6.07) is 4.90. The van der Waals surface area contributed by atoms with Crippen molar-refractivity contribution in [3.8, 4) is 0 Å². The lowest BCUT2D eigenvalue weighted by Gasteiger charge is -2.11. The van der Waals surface area contributed by atoms with Crippen LogP contribution in [0.2, 0.25) is 0 Å². The van der Waals surface area contributed by atoms with Gasteiger partial charge in [0.1, 0.15) is 17.3 Å². The van der Waals surface area contributed by atoms with Crippen molar-refractivity contribution in [1.82, 2.24) is 15.1 Å². The second kappa shape index (κ2) is 5.81. The molecule has 0 unspecified atom stereocenters. The number of aromatic nitrogens is 2. The highest BCUT2D eigenvalue weighted by Crippen LogP contribution is 2.11. The normalized spacial score (nSPS) is 10.8. The fraction of sp³-hybridized carbons (Fsp3) is 0.286. The summed E-state index contributed by atoms with van der Waals surface area (Å²) < 4.78 is 27.8. The van der Waals surface area contributed by atoms with Gasteiger partial charge in [0.25, 0.3) is 5.91 Å². The number of nitrogens with one attached hydrogen (secondary N) is 1. The Labute approximate surface area is 115 Å². The van der Waals surface area contributed by atoms with Crippen LogP contribution < -0.4 is 5.32 Å². The number of amides is 1. The molecule has 0 aliphatic rings. The molecule has 1 N–H and O–H groups in total. The molecule has 1 amide bonds. The Balaban J connectivity index is 2.07. The molecule has 0 bridgehead atoms. The van der Waals surface area contributed by atoms with Crippen molar-refractivity contribution in [3.63, 3.8) is 0 Å². The third-order valence-electron chi connectivity index (χ3n) is 2.85. The van der Waals surface area contributed by atoms with E-state index in [1.165, 1.54) is 12.3 Å². The van der Waals surface area contributed by atoms with Gasteiger partial charge >= 0.3 is 0 Å². The van der Waals surface area contributed by atoms with Crippen LogP contribution in [0.5, 0.6) is 0 Å². The van der Waals surface area contributed by atoms with E-state index in [-0.39, 0.29) is 24.1 Å². The molecule has 1 aromatic carbocycles. The zero-order valence-electron chi connectivity index (χ0n) is 11.2. The van der Waals surface area contributed by atoms with Crippen molar-refractivity contribution in [1.29, 1.82) is 0 Å². The number of hydrogen-bond donors (Lipinski definition) is 1. The third kappa shape index (κ3) is 3.01. The molecule has 4 nitrogen and oxygen atoms in total. The van der Waals surface area contributed by atoms with Crippen molar-refractivity contribution < 1.29 is 13.6 Å². The molecule has 0 saturated heterocycles. The number of carbonyl (C=O) groups is 1. The maximum atomic E-state index is 13.4. The number of rotatable bonds is 4. The van der Waals surface area contributed by atoms with Crippen molar-refractivity contribution in [2.75, 3.05) is 0 Å². The van der Waals surface area contributed by atoms with E-state index in [0.717, 1.165) is 12.1 Å². The van der Waals surface area contributed by atoms with Crippen LogP contribution in [0.3, 0.4) is 0 Å². The minimum Gasteiger partial charge on any atom is -0.347 e. The van der Waals surface area contributed by atoms with E-state index < -0.39 is 11.6 Å². The highest BCUT2D eigenvalue weighted by molar-refractivity contribution is 5.92. The molecule has 1 heterocycles. The monoisotopic (exact) mass is 279 g/mol. The predicted octanol–water partition coefficient (Wildman–Crippen LogP) is 2.67. The fourth-order valence-corrected chi connectivity index (χ4v) is 1.84. The molecule has 1 aromatic heterocycles. The van der Waals surface area contributed by atoms with Crippen molar-refractivity contribution in [3.05, 3.63) is 53.4 Å². The predicted molar refractivity (Wildman–Crippen MR) is 70.1 cm³/mol. The maximum Gasteiger partial charge on any atom is 0.269 e. The van der Waals surface area contributed by atoms with Gasteiger partial charge in [-0.2, -0.15) is 5.10 Å². The van der Waals surface area contributed by atoms with E-state index in [2.05, 4.69) is 10.4 Å². The molecular formula is C14H15F2N3O. The van der Waals surface area contributed by atoms with Gasteiger partial charge in [-0.25, -0.2) is 8.78 Å². The number of carbonyl (C=O) groups excluding carboxylic acids is 1. The smallest absolute Gasteiger partial charge is 0.269 e. The van der Waals surface area contributed by atoms with Crippen LogP contribution in [0.4, 0.5) is 8.78 Å². The van der Waals surface area contributed by atoms with Gasteiger partial charge in [-0.05, 0) is 26.0 Å². The Hall–Kier alpha value is -2.24. The van der Waals surface area contributed by atoms with E-state index in [1.54, 1.807) is 10.7 Å². The molecule has 2 rings (SSSR count). The summed E-state index contributed by atoms with van der Waals surface area (Å²) in [7, 11) is 0. The first-order valence-corrected chi connectivity index (χ1v) is 6.24. The average Bonchev–Trinajstić information content (AvgIpc) is 2.86. The molecule has 20 heavy (non-hydrogen) atoms. The van der Waals surface area contributed by atoms with Crippen molar-refractivity contribution in [2.24, 2.45) is 0 Å². The van der Waals surface area contributed by atoms with Crippen LogP contribution in [0.25, 0.3) is 0 Å². The quantitative estimate of drug-likeness (QED) is 0.935. The molecule has 0 atom stereocenters. The van der Waals surface area contributed by atoms with Crippen LogP contribution >= 0.6 is 0 Å². The summed E-state index contributed by atoms with van der Waals surface area (Å²) in [5, 5.41) is 6.65. The molecule has 0 aliphatic carbocycles. The van der Waals surface area contributed by atoms with Gasteiger partial charge in [0.05, 0.1) is 0 Å². The minimum atomic E-state index is -0.678. The number of halogens is 2. The fourth-order valence-electron chi connectivity index (χ4n) is 1.84. The standard InChI is InChI=1S/C14H15F2N3O/c1-9(2)19-13(5-6-18-19)14(20)17-8-10-3-4-11(15)7-12(10)16/h3-7,9H,8H2,1-2H3,(H,17,20). The van der Waals surface area contributed by atoms with E-state index in [0.29, 0.717) is 5.69 Å². The summed E-state index contributed by atoms with van der Waals surface area (Å²) in [6.45, 7) is 3.81. The molecule has 0 fully saturated rings. The first-order chi connectivity index (χ1) is 9.49. The van der Waals surface area contributed by atoms with Crippen LogP contribution in [0, 0.1) is 11.6 Å². The Morgan fingerprint density at radius 3 is 2.75 bits per heavy atom. The number of benzene rings is 1. The number of nitrogens with zero attached hydrogens (tertiary/aromatic N) is 2. The van der Waals surface area contributed by atoms with E-state index in [1.807, 2.05) is 13.8 Å². The Kier molecular flexibility index (Phi) is 4.12. The highest BCUT2D eigenvalue weighted by atomic mass is 19.1. The first-order valence-electron chi connectivity index (χ1n) is 6.24. The molecule has 0 aliphatic heterocycles. The maximum absolute atomic E-state index is 13.4. The average molecular weight is 279 g/mol. The molecule has 0 spiro atoms. The van der Waals surface area contributed by atoms with Crippen LogP contribution in [-0.4, -0.2) is 15.7 Å². The first kappa shape index (κ1) is 14.2. The van der Waals surface area contributed by atoms with Crippen molar-refractivity contribution in [2.45, 2.75) is 26.4 Å². The highest BCUT2D eigenvalue weighted by Gasteiger charge is 2.14. The van der Waals surface area contributed by atoms with Gasteiger partial charge in [-0.15, -0.1) is 0 Å². The molecule has 106 valence electrons. The van der Waals surface area contributed by atoms with E-state index in [4.69, 9.17) is 0 Å². The Morgan fingerprint density at radius 1 is 1.35 bits per heavy atom. The lowest BCUT2D eigenvalue weighted by Crippen LogP contribution is -2.26. The number of hydrogen-bond acceptors (Lipinski definition) is 2. The Bertz CT molecular complexity index is 623. The van der Waals surface area contributed by atoms with Gasteiger partial charge in [0, 0.05) is 30.4 Å².